The smallest absolute Gasteiger partial charge is 0.255 e. The second kappa shape index (κ2) is 7.85. The number of sulfone groups is 1. The second-order valence-electron chi connectivity index (χ2n) is 6.47. The van der Waals surface area contributed by atoms with Crippen molar-refractivity contribution >= 4 is 21.4 Å². The number of nitrogens with zero attached hydrogens (tertiary/aromatic N) is 2. The summed E-state index contributed by atoms with van der Waals surface area (Å²) in [6.07, 6.45) is 4.67. The van der Waals surface area contributed by atoms with Gasteiger partial charge in [-0.15, -0.1) is 0 Å². The van der Waals surface area contributed by atoms with Crippen LogP contribution in [0.5, 0.6) is 5.75 Å². The van der Waals surface area contributed by atoms with Crippen LogP contribution in [0.3, 0.4) is 0 Å². The summed E-state index contributed by atoms with van der Waals surface area (Å²) in [4.78, 5) is 16.9. The van der Waals surface area contributed by atoms with Crippen molar-refractivity contribution in [2.45, 2.75) is 18.4 Å². The van der Waals surface area contributed by atoms with Crippen LogP contribution in [0.15, 0.2) is 59.8 Å². The van der Waals surface area contributed by atoms with Crippen molar-refractivity contribution < 1.29 is 17.9 Å². The van der Waals surface area contributed by atoms with Crippen molar-refractivity contribution in [3.63, 3.8) is 0 Å². The van der Waals surface area contributed by atoms with E-state index in [1.165, 1.54) is 12.1 Å². The lowest BCUT2D eigenvalue weighted by atomic mass is 10.1. The summed E-state index contributed by atoms with van der Waals surface area (Å²) in [5.41, 5.74) is 1.67. The van der Waals surface area contributed by atoms with E-state index in [-0.39, 0.29) is 10.8 Å². The van der Waals surface area contributed by atoms with Gasteiger partial charge in [0.05, 0.1) is 4.90 Å². The van der Waals surface area contributed by atoms with Gasteiger partial charge in [-0.3, -0.25) is 4.79 Å². The van der Waals surface area contributed by atoms with E-state index in [0.29, 0.717) is 23.6 Å². The number of hydrogen-bond donors (Lipinski definition) is 1. The van der Waals surface area contributed by atoms with Crippen LogP contribution in [0.2, 0.25) is 0 Å². The van der Waals surface area contributed by atoms with Gasteiger partial charge in [-0.05, 0) is 48.9 Å². The number of carbonyl (C=O) groups excluding carboxylic acids is 1. The normalized spacial score (nSPS) is 11.2. The molecule has 0 spiro atoms. The number of anilines is 1. The summed E-state index contributed by atoms with van der Waals surface area (Å²) in [6.45, 7) is 2.13. The fraction of sp³-hybridized carbons (Fsp3) is 0.200. The third-order valence-corrected chi connectivity index (χ3v) is 5.40. The maximum atomic E-state index is 12.5. The first-order chi connectivity index (χ1) is 13.2. The van der Waals surface area contributed by atoms with Crippen LogP contribution in [-0.2, 0) is 23.5 Å². The molecule has 1 heterocycles. The van der Waals surface area contributed by atoms with Gasteiger partial charge in [0.2, 0.25) is 0 Å². The molecule has 0 atom stereocenters. The van der Waals surface area contributed by atoms with E-state index in [4.69, 9.17) is 4.74 Å². The maximum absolute atomic E-state index is 12.5. The highest BCUT2D eigenvalue weighted by Crippen LogP contribution is 2.21. The van der Waals surface area contributed by atoms with Crippen LogP contribution in [0.1, 0.15) is 21.7 Å². The molecular weight excluding hydrogens is 378 g/mol. The van der Waals surface area contributed by atoms with E-state index in [0.717, 1.165) is 17.6 Å². The summed E-state index contributed by atoms with van der Waals surface area (Å²) in [5, 5.41) is 2.76. The molecule has 0 bridgehead atoms. The Morgan fingerprint density at radius 3 is 2.50 bits per heavy atom. The van der Waals surface area contributed by atoms with Gasteiger partial charge in [0.15, 0.2) is 9.84 Å². The average molecular weight is 399 g/mol. The van der Waals surface area contributed by atoms with E-state index in [2.05, 4.69) is 10.3 Å². The summed E-state index contributed by atoms with van der Waals surface area (Å²) in [6, 6.07) is 11.4. The van der Waals surface area contributed by atoms with Crippen LogP contribution in [0.25, 0.3) is 0 Å². The zero-order valence-electron chi connectivity index (χ0n) is 15.8. The molecular formula is C20H21N3O4S. The van der Waals surface area contributed by atoms with E-state index in [9.17, 15) is 13.2 Å². The number of benzene rings is 2. The highest BCUT2D eigenvalue weighted by Gasteiger charge is 2.13. The summed E-state index contributed by atoms with van der Waals surface area (Å²) < 4.78 is 31.0. The molecule has 0 aliphatic heterocycles. The molecule has 0 aliphatic carbocycles. The summed E-state index contributed by atoms with van der Waals surface area (Å²) >= 11 is 0. The Morgan fingerprint density at radius 2 is 1.89 bits per heavy atom. The molecule has 0 saturated heterocycles. The molecule has 3 aromatic rings. The Kier molecular flexibility index (Phi) is 5.51. The van der Waals surface area contributed by atoms with Crippen molar-refractivity contribution in [3.05, 3.63) is 71.8 Å². The Morgan fingerprint density at radius 1 is 1.18 bits per heavy atom. The van der Waals surface area contributed by atoms with E-state index in [1.807, 2.05) is 17.8 Å². The standard InChI is InChI=1S/C20H21N3O4S/c1-14-4-9-17(28(3,25)26)12-18(14)22-20(24)15-5-7-16(8-6-15)27-13-19-21-10-11-23(19)2/h4-12H,13H2,1-3H3,(H,22,24). The number of imidazole rings is 1. The molecule has 1 N–H and O–H groups in total. The number of rotatable bonds is 6. The molecule has 1 amide bonds. The van der Waals surface area contributed by atoms with Gasteiger partial charge in [0.1, 0.15) is 18.2 Å². The first-order valence-corrected chi connectivity index (χ1v) is 10.4. The lowest BCUT2D eigenvalue weighted by molar-refractivity contribution is 0.102. The fourth-order valence-electron chi connectivity index (χ4n) is 2.55. The first kappa shape index (κ1) is 19.6. The maximum Gasteiger partial charge on any atom is 0.255 e. The third kappa shape index (κ3) is 4.58. The van der Waals surface area contributed by atoms with Crippen molar-refractivity contribution in [2.24, 2.45) is 7.05 Å². The molecule has 8 heteroatoms. The quantitative estimate of drug-likeness (QED) is 0.688. The highest BCUT2D eigenvalue weighted by atomic mass is 32.2. The van der Waals surface area contributed by atoms with Crippen molar-refractivity contribution in [3.8, 4) is 5.75 Å². The second-order valence-corrected chi connectivity index (χ2v) is 8.49. The molecule has 2 aromatic carbocycles. The molecule has 7 nitrogen and oxygen atoms in total. The largest absolute Gasteiger partial charge is 0.486 e. The highest BCUT2D eigenvalue weighted by molar-refractivity contribution is 7.90. The predicted molar refractivity (Wildman–Crippen MR) is 106 cm³/mol. The number of hydrogen-bond acceptors (Lipinski definition) is 5. The lowest BCUT2D eigenvalue weighted by Crippen LogP contribution is -2.13. The Bertz CT molecular complexity index is 1100. The van der Waals surface area contributed by atoms with Crippen LogP contribution >= 0.6 is 0 Å². The molecule has 28 heavy (non-hydrogen) atoms. The topological polar surface area (TPSA) is 90.3 Å². The minimum absolute atomic E-state index is 0.159. The minimum atomic E-state index is -3.35. The average Bonchev–Trinajstić information content (AvgIpc) is 3.06. The molecule has 146 valence electrons. The number of ether oxygens (including phenoxy) is 1. The fourth-order valence-corrected chi connectivity index (χ4v) is 3.19. The van der Waals surface area contributed by atoms with E-state index >= 15 is 0 Å². The number of aryl methyl sites for hydroxylation is 2. The zero-order valence-corrected chi connectivity index (χ0v) is 16.7. The van der Waals surface area contributed by atoms with Crippen molar-refractivity contribution in [1.82, 2.24) is 9.55 Å². The molecule has 0 fully saturated rings. The van der Waals surface area contributed by atoms with Gasteiger partial charge in [0, 0.05) is 36.9 Å². The number of aromatic nitrogens is 2. The predicted octanol–water partition coefficient (Wildman–Crippen LogP) is 2.96. The van der Waals surface area contributed by atoms with Crippen LogP contribution in [-0.4, -0.2) is 30.1 Å². The van der Waals surface area contributed by atoms with Crippen LogP contribution in [0.4, 0.5) is 5.69 Å². The molecule has 3 rings (SSSR count). The van der Waals surface area contributed by atoms with E-state index in [1.54, 1.807) is 43.5 Å². The first-order valence-electron chi connectivity index (χ1n) is 8.55. The molecule has 0 unspecified atom stereocenters. The van der Waals surface area contributed by atoms with Crippen LogP contribution in [0, 0.1) is 6.92 Å². The lowest BCUT2D eigenvalue weighted by Gasteiger charge is -2.11. The van der Waals surface area contributed by atoms with Gasteiger partial charge in [-0.1, -0.05) is 6.07 Å². The van der Waals surface area contributed by atoms with Gasteiger partial charge >= 0.3 is 0 Å². The molecule has 1 aromatic heterocycles. The minimum Gasteiger partial charge on any atom is -0.486 e. The van der Waals surface area contributed by atoms with Gasteiger partial charge in [-0.25, -0.2) is 13.4 Å². The van der Waals surface area contributed by atoms with Crippen molar-refractivity contribution in [1.29, 1.82) is 0 Å². The SMILES string of the molecule is Cc1ccc(S(C)(=O)=O)cc1NC(=O)c1ccc(OCc2nccn2C)cc1. The Labute approximate surface area is 163 Å². The van der Waals surface area contributed by atoms with Gasteiger partial charge in [0.25, 0.3) is 5.91 Å². The molecule has 0 radical (unpaired) electrons. The van der Waals surface area contributed by atoms with Gasteiger partial charge < -0.3 is 14.6 Å². The Hall–Kier alpha value is -3.13. The zero-order chi connectivity index (χ0) is 20.3. The van der Waals surface area contributed by atoms with E-state index < -0.39 is 9.84 Å². The Balaban J connectivity index is 1.69. The number of carbonyl (C=O) groups is 1. The summed E-state index contributed by atoms with van der Waals surface area (Å²) in [7, 11) is -1.46. The van der Waals surface area contributed by atoms with Crippen molar-refractivity contribution in [2.75, 3.05) is 11.6 Å². The summed E-state index contributed by atoms with van der Waals surface area (Å²) in [5.74, 6) is 1.09. The monoisotopic (exact) mass is 399 g/mol. The third-order valence-electron chi connectivity index (χ3n) is 4.29. The van der Waals surface area contributed by atoms with Crippen LogP contribution < -0.4 is 10.1 Å². The number of amides is 1. The molecule has 0 saturated carbocycles. The molecule has 0 aliphatic rings. The number of nitrogens with one attached hydrogen (secondary N) is 1. The van der Waals surface area contributed by atoms with Gasteiger partial charge in [-0.2, -0.15) is 0 Å².